The Hall–Kier alpha value is -3.64. The number of para-hydroxylation sites is 1. The predicted molar refractivity (Wildman–Crippen MR) is 119 cm³/mol. The standard InChI is InChI=1S/C23H20N2O3S/c1-27-19-12-7-17(8-13-19)9-16-22(26)25-23(29)24-18-10-14-21(15-11-18)28-20-5-3-2-4-6-20/h2-16H,1H3,(H2,24,25,26,29)/b16-9+. The van der Waals surface area contributed by atoms with Gasteiger partial charge >= 0.3 is 0 Å². The highest BCUT2D eigenvalue weighted by Gasteiger charge is 2.03. The number of nitrogens with one attached hydrogen (secondary N) is 2. The van der Waals surface area contributed by atoms with Gasteiger partial charge in [-0.3, -0.25) is 10.1 Å². The Kier molecular flexibility index (Phi) is 6.97. The Balaban J connectivity index is 1.49. The van der Waals surface area contributed by atoms with Crippen molar-refractivity contribution in [1.29, 1.82) is 0 Å². The van der Waals surface area contributed by atoms with E-state index in [-0.39, 0.29) is 11.0 Å². The molecule has 3 aromatic carbocycles. The maximum Gasteiger partial charge on any atom is 0.250 e. The minimum atomic E-state index is -0.317. The molecule has 0 heterocycles. The summed E-state index contributed by atoms with van der Waals surface area (Å²) in [5, 5.41) is 5.80. The largest absolute Gasteiger partial charge is 0.497 e. The molecule has 0 atom stereocenters. The molecule has 0 aromatic heterocycles. The van der Waals surface area contributed by atoms with E-state index in [0.717, 1.165) is 22.7 Å². The minimum Gasteiger partial charge on any atom is -0.497 e. The van der Waals surface area contributed by atoms with Crippen molar-refractivity contribution >= 4 is 35.0 Å². The van der Waals surface area contributed by atoms with Gasteiger partial charge in [-0.1, -0.05) is 30.3 Å². The maximum atomic E-state index is 12.0. The van der Waals surface area contributed by atoms with E-state index in [4.69, 9.17) is 21.7 Å². The monoisotopic (exact) mass is 404 g/mol. The van der Waals surface area contributed by atoms with Crippen molar-refractivity contribution in [2.75, 3.05) is 12.4 Å². The summed E-state index contributed by atoms with van der Waals surface area (Å²) in [6.45, 7) is 0. The van der Waals surface area contributed by atoms with Crippen LogP contribution in [0.1, 0.15) is 5.56 Å². The Labute approximate surface area is 175 Å². The number of anilines is 1. The van der Waals surface area contributed by atoms with Gasteiger partial charge in [0.05, 0.1) is 7.11 Å². The Bertz CT molecular complexity index is 985. The zero-order valence-electron chi connectivity index (χ0n) is 15.8. The first-order valence-corrected chi connectivity index (χ1v) is 9.30. The average molecular weight is 404 g/mol. The van der Waals surface area contributed by atoms with Crippen LogP contribution in [0, 0.1) is 0 Å². The summed E-state index contributed by atoms with van der Waals surface area (Å²) in [6, 6.07) is 24.2. The van der Waals surface area contributed by atoms with Crippen molar-refractivity contribution in [3.05, 3.63) is 90.5 Å². The van der Waals surface area contributed by atoms with Gasteiger partial charge < -0.3 is 14.8 Å². The zero-order valence-corrected chi connectivity index (χ0v) is 16.6. The second-order valence-electron chi connectivity index (χ2n) is 5.99. The van der Waals surface area contributed by atoms with Gasteiger partial charge in [-0.25, -0.2) is 0 Å². The van der Waals surface area contributed by atoms with Gasteiger partial charge in [0.2, 0.25) is 5.91 Å². The molecule has 146 valence electrons. The first kappa shape index (κ1) is 20.1. The summed E-state index contributed by atoms with van der Waals surface area (Å²) in [6.07, 6.45) is 3.12. The van der Waals surface area contributed by atoms with E-state index in [1.165, 1.54) is 6.08 Å². The van der Waals surface area contributed by atoms with E-state index >= 15 is 0 Å². The molecule has 1 amide bonds. The molecule has 0 spiro atoms. The highest BCUT2D eigenvalue weighted by atomic mass is 32.1. The van der Waals surface area contributed by atoms with E-state index in [9.17, 15) is 4.79 Å². The predicted octanol–water partition coefficient (Wildman–Crippen LogP) is 5.01. The number of benzene rings is 3. The fraction of sp³-hybridized carbons (Fsp3) is 0.0435. The van der Waals surface area contributed by atoms with Gasteiger partial charge in [-0.05, 0) is 72.4 Å². The van der Waals surface area contributed by atoms with Crippen molar-refractivity contribution in [3.63, 3.8) is 0 Å². The molecule has 0 aliphatic heterocycles. The van der Waals surface area contributed by atoms with Gasteiger partial charge in [0.25, 0.3) is 0 Å². The summed E-state index contributed by atoms with van der Waals surface area (Å²) in [5.41, 5.74) is 1.63. The zero-order chi connectivity index (χ0) is 20.5. The molecule has 0 fully saturated rings. The van der Waals surface area contributed by atoms with Crippen LogP contribution in [0.2, 0.25) is 0 Å². The van der Waals surface area contributed by atoms with E-state index in [1.807, 2.05) is 78.9 Å². The number of carbonyl (C=O) groups is 1. The first-order chi connectivity index (χ1) is 14.1. The smallest absolute Gasteiger partial charge is 0.250 e. The van der Waals surface area contributed by atoms with Crippen LogP contribution in [-0.2, 0) is 4.79 Å². The molecular formula is C23H20N2O3S. The van der Waals surface area contributed by atoms with Gasteiger partial charge in [-0.15, -0.1) is 0 Å². The average Bonchev–Trinajstić information content (AvgIpc) is 2.75. The fourth-order valence-corrected chi connectivity index (χ4v) is 2.65. The quantitative estimate of drug-likeness (QED) is 0.447. The number of ether oxygens (including phenoxy) is 2. The molecule has 0 bridgehead atoms. The molecule has 29 heavy (non-hydrogen) atoms. The van der Waals surface area contributed by atoms with Crippen LogP contribution in [0.4, 0.5) is 5.69 Å². The maximum absolute atomic E-state index is 12.0. The molecule has 0 saturated heterocycles. The van der Waals surface area contributed by atoms with Crippen LogP contribution in [0.15, 0.2) is 84.9 Å². The molecule has 0 saturated carbocycles. The third-order valence-electron chi connectivity index (χ3n) is 3.87. The normalized spacial score (nSPS) is 10.4. The summed E-state index contributed by atoms with van der Waals surface area (Å²) >= 11 is 5.19. The van der Waals surface area contributed by atoms with Crippen molar-refractivity contribution in [2.45, 2.75) is 0 Å². The van der Waals surface area contributed by atoms with Crippen molar-refractivity contribution in [3.8, 4) is 17.2 Å². The topological polar surface area (TPSA) is 59.6 Å². The lowest BCUT2D eigenvalue weighted by molar-refractivity contribution is -0.115. The third kappa shape index (κ3) is 6.48. The minimum absolute atomic E-state index is 0.214. The summed E-state index contributed by atoms with van der Waals surface area (Å²) in [4.78, 5) is 12.0. The summed E-state index contributed by atoms with van der Waals surface area (Å²) in [7, 11) is 1.61. The van der Waals surface area contributed by atoms with Crippen LogP contribution < -0.4 is 20.1 Å². The molecule has 0 aliphatic rings. The van der Waals surface area contributed by atoms with Crippen LogP contribution in [-0.4, -0.2) is 18.1 Å². The van der Waals surface area contributed by atoms with Gasteiger partial charge in [0.1, 0.15) is 17.2 Å². The Morgan fingerprint density at radius 2 is 1.48 bits per heavy atom. The van der Waals surface area contributed by atoms with Crippen molar-refractivity contribution < 1.29 is 14.3 Å². The van der Waals surface area contributed by atoms with Crippen LogP contribution in [0.5, 0.6) is 17.2 Å². The molecule has 0 unspecified atom stereocenters. The molecule has 3 rings (SSSR count). The number of thiocarbonyl (C=S) groups is 1. The number of carbonyl (C=O) groups excluding carboxylic acids is 1. The van der Waals surface area contributed by atoms with Crippen LogP contribution in [0.25, 0.3) is 6.08 Å². The van der Waals surface area contributed by atoms with Crippen LogP contribution in [0.3, 0.4) is 0 Å². The molecule has 5 nitrogen and oxygen atoms in total. The van der Waals surface area contributed by atoms with Gasteiger partial charge in [-0.2, -0.15) is 0 Å². The second kappa shape index (κ2) is 10.1. The third-order valence-corrected chi connectivity index (χ3v) is 4.07. The van der Waals surface area contributed by atoms with E-state index in [1.54, 1.807) is 13.2 Å². The number of methoxy groups -OCH3 is 1. The van der Waals surface area contributed by atoms with E-state index in [0.29, 0.717) is 5.75 Å². The summed E-state index contributed by atoms with van der Waals surface area (Å²) in [5.74, 6) is 1.92. The number of amides is 1. The number of hydrogen-bond donors (Lipinski definition) is 2. The second-order valence-corrected chi connectivity index (χ2v) is 6.40. The van der Waals surface area contributed by atoms with Crippen molar-refractivity contribution in [2.24, 2.45) is 0 Å². The van der Waals surface area contributed by atoms with Crippen LogP contribution >= 0.6 is 12.2 Å². The Morgan fingerprint density at radius 1 is 0.862 bits per heavy atom. The highest BCUT2D eigenvalue weighted by molar-refractivity contribution is 7.80. The van der Waals surface area contributed by atoms with Gasteiger partial charge in [0, 0.05) is 11.8 Å². The number of hydrogen-bond acceptors (Lipinski definition) is 4. The van der Waals surface area contributed by atoms with E-state index < -0.39 is 0 Å². The lowest BCUT2D eigenvalue weighted by atomic mass is 10.2. The lowest BCUT2D eigenvalue weighted by Crippen LogP contribution is -2.32. The SMILES string of the molecule is COc1ccc(/C=C/C(=O)NC(=S)Nc2ccc(Oc3ccccc3)cc2)cc1. The lowest BCUT2D eigenvalue weighted by Gasteiger charge is -2.10. The fourth-order valence-electron chi connectivity index (χ4n) is 2.43. The van der Waals surface area contributed by atoms with E-state index in [2.05, 4.69) is 10.6 Å². The molecule has 6 heteroatoms. The number of rotatable bonds is 6. The molecule has 0 radical (unpaired) electrons. The van der Waals surface area contributed by atoms with Crippen molar-refractivity contribution in [1.82, 2.24) is 5.32 Å². The van der Waals surface area contributed by atoms with Gasteiger partial charge in [0.15, 0.2) is 5.11 Å². The molecule has 3 aromatic rings. The molecule has 0 aliphatic carbocycles. The first-order valence-electron chi connectivity index (χ1n) is 8.89. The summed E-state index contributed by atoms with van der Waals surface area (Å²) < 4.78 is 10.8. The Morgan fingerprint density at radius 3 is 2.14 bits per heavy atom. The molecule has 2 N–H and O–H groups in total. The molecular weight excluding hydrogens is 384 g/mol. The highest BCUT2D eigenvalue weighted by Crippen LogP contribution is 2.22.